The van der Waals surface area contributed by atoms with E-state index >= 15 is 0 Å². The molecule has 0 fully saturated rings. The molecular weight excluding hydrogens is 366 g/mol. The van der Waals surface area contributed by atoms with Gasteiger partial charge in [0.1, 0.15) is 5.75 Å². The Balaban J connectivity index is 1.46. The van der Waals surface area contributed by atoms with E-state index in [1.807, 2.05) is 43.3 Å². The van der Waals surface area contributed by atoms with Crippen molar-refractivity contribution in [2.75, 3.05) is 11.9 Å². The van der Waals surface area contributed by atoms with Crippen molar-refractivity contribution in [1.29, 1.82) is 0 Å². The topological polar surface area (TPSA) is 79.8 Å². The van der Waals surface area contributed by atoms with E-state index in [1.54, 1.807) is 6.92 Å². The van der Waals surface area contributed by atoms with Gasteiger partial charge in [-0.15, -0.1) is 0 Å². The number of hydrazone groups is 1. The zero-order chi connectivity index (χ0) is 20.6. The maximum atomic E-state index is 12.4. The molecule has 0 saturated carbocycles. The number of fused-ring (bicyclic) bond motifs is 1. The smallest absolute Gasteiger partial charge is 0.277 e. The lowest BCUT2D eigenvalue weighted by Crippen LogP contribution is -2.26. The van der Waals surface area contributed by atoms with Gasteiger partial charge in [0.05, 0.1) is 6.42 Å². The maximum absolute atomic E-state index is 12.4. The number of carbonyl (C=O) groups excluding carboxylic acids is 2. The van der Waals surface area contributed by atoms with Gasteiger partial charge >= 0.3 is 0 Å². The van der Waals surface area contributed by atoms with Crippen LogP contribution < -0.4 is 15.5 Å². The van der Waals surface area contributed by atoms with Gasteiger partial charge in [-0.3, -0.25) is 9.59 Å². The first-order chi connectivity index (χ1) is 14.0. The molecule has 6 heteroatoms. The number of nitrogens with one attached hydrogen (secondary N) is 2. The van der Waals surface area contributed by atoms with Gasteiger partial charge in [0.25, 0.3) is 5.91 Å². The summed E-state index contributed by atoms with van der Waals surface area (Å²) in [6.45, 7) is 3.56. The normalized spacial score (nSPS) is 13.4. The fourth-order valence-corrected chi connectivity index (χ4v) is 3.34. The highest BCUT2D eigenvalue weighted by Crippen LogP contribution is 2.27. The largest absolute Gasteiger partial charge is 0.484 e. The summed E-state index contributed by atoms with van der Waals surface area (Å²) in [6.07, 6.45) is 4.52. The van der Waals surface area contributed by atoms with Gasteiger partial charge in [-0.2, -0.15) is 5.10 Å². The zero-order valence-electron chi connectivity index (χ0n) is 17.0. The van der Waals surface area contributed by atoms with Gasteiger partial charge in [-0.05, 0) is 68.9 Å². The van der Waals surface area contributed by atoms with Crippen LogP contribution in [0.15, 0.2) is 47.6 Å². The second-order valence-electron chi connectivity index (χ2n) is 7.36. The molecule has 0 heterocycles. The molecule has 3 rings (SSSR count). The summed E-state index contributed by atoms with van der Waals surface area (Å²) in [5, 5.41) is 6.98. The van der Waals surface area contributed by atoms with Crippen LogP contribution in [0.2, 0.25) is 0 Å². The number of hydrogen-bond donors (Lipinski definition) is 2. The Morgan fingerprint density at radius 1 is 1.03 bits per heavy atom. The lowest BCUT2D eigenvalue weighted by Gasteiger charge is -2.19. The molecule has 0 unspecified atom stereocenters. The summed E-state index contributed by atoms with van der Waals surface area (Å²) in [7, 11) is 0. The zero-order valence-corrected chi connectivity index (χ0v) is 17.0. The van der Waals surface area contributed by atoms with E-state index in [2.05, 4.69) is 21.9 Å². The van der Waals surface area contributed by atoms with Crippen molar-refractivity contribution in [2.24, 2.45) is 5.10 Å². The first-order valence-corrected chi connectivity index (χ1v) is 9.93. The van der Waals surface area contributed by atoms with Gasteiger partial charge in [0.2, 0.25) is 5.91 Å². The number of aryl methyl sites for hydroxylation is 2. The van der Waals surface area contributed by atoms with Crippen LogP contribution in [0.4, 0.5) is 5.69 Å². The SMILES string of the molecule is CC(CC(=O)Nc1cccc2c1CCCC2)=NNC(=O)COc1ccc(C)cc1. The quantitative estimate of drug-likeness (QED) is 0.555. The van der Waals surface area contributed by atoms with Crippen LogP contribution >= 0.6 is 0 Å². The maximum Gasteiger partial charge on any atom is 0.277 e. The van der Waals surface area contributed by atoms with Crippen LogP contribution in [0.25, 0.3) is 0 Å². The molecule has 2 N–H and O–H groups in total. The molecular formula is C23H27N3O3. The number of amides is 2. The lowest BCUT2D eigenvalue weighted by molar-refractivity contribution is -0.123. The van der Waals surface area contributed by atoms with Crippen LogP contribution in [0.3, 0.4) is 0 Å². The van der Waals surface area contributed by atoms with E-state index in [0.717, 1.165) is 30.5 Å². The predicted molar refractivity (Wildman–Crippen MR) is 114 cm³/mol. The van der Waals surface area contributed by atoms with Crippen molar-refractivity contribution in [2.45, 2.75) is 46.0 Å². The van der Waals surface area contributed by atoms with E-state index in [9.17, 15) is 9.59 Å². The molecule has 2 amide bonds. The number of nitrogens with zero attached hydrogens (tertiary/aromatic N) is 1. The Morgan fingerprint density at radius 3 is 2.59 bits per heavy atom. The van der Waals surface area contributed by atoms with Crippen LogP contribution in [-0.4, -0.2) is 24.1 Å². The molecule has 0 radical (unpaired) electrons. The van der Waals surface area contributed by atoms with Crippen molar-refractivity contribution in [3.8, 4) is 5.75 Å². The molecule has 2 aromatic carbocycles. The lowest BCUT2D eigenvalue weighted by atomic mass is 9.90. The third-order valence-electron chi connectivity index (χ3n) is 4.85. The van der Waals surface area contributed by atoms with E-state index in [4.69, 9.17) is 4.74 Å². The molecule has 29 heavy (non-hydrogen) atoms. The molecule has 0 aliphatic heterocycles. The Kier molecular flexibility index (Phi) is 7.00. The van der Waals surface area contributed by atoms with Crippen LogP contribution in [0.5, 0.6) is 5.75 Å². The number of ether oxygens (including phenoxy) is 1. The molecule has 0 spiro atoms. The first kappa shape index (κ1) is 20.6. The number of anilines is 1. The summed E-state index contributed by atoms with van der Waals surface area (Å²) in [5.41, 5.74) is 7.52. The number of carbonyl (C=O) groups is 2. The van der Waals surface area contributed by atoms with Gasteiger partial charge < -0.3 is 10.1 Å². The van der Waals surface area contributed by atoms with Gasteiger partial charge in [-0.1, -0.05) is 29.8 Å². The highest BCUT2D eigenvalue weighted by molar-refractivity contribution is 6.06. The number of hydrogen-bond acceptors (Lipinski definition) is 4. The monoisotopic (exact) mass is 393 g/mol. The standard InChI is InChI=1S/C23H27N3O3/c1-16-10-12-19(13-11-16)29-15-23(28)26-25-17(2)14-22(27)24-21-9-5-7-18-6-3-4-8-20(18)21/h5,7,9-13H,3-4,6,8,14-15H2,1-2H3,(H,24,27)(H,26,28). The Labute approximate surface area is 171 Å². The highest BCUT2D eigenvalue weighted by Gasteiger charge is 2.14. The fraction of sp³-hybridized carbons (Fsp3) is 0.348. The van der Waals surface area contributed by atoms with Crippen LogP contribution in [0, 0.1) is 6.92 Å². The molecule has 0 bridgehead atoms. The van der Waals surface area contributed by atoms with Crippen molar-refractivity contribution in [1.82, 2.24) is 5.43 Å². The van der Waals surface area contributed by atoms with Crippen molar-refractivity contribution in [3.05, 3.63) is 59.2 Å². The van der Waals surface area contributed by atoms with Crippen molar-refractivity contribution < 1.29 is 14.3 Å². The molecule has 0 aromatic heterocycles. The molecule has 0 atom stereocenters. The average molecular weight is 393 g/mol. The second kappa shape index (κ2) is 9.87. The Hall–Kier alpha value is -3.15. The van der Waals surface area contributed by atoms with Gasteiger partial charge in [0.15, 0.2) is 6.61 Å². The van der Waals surface area contributed by atoms with E-state index in [1.165, 1.54) is 17.5 Å². The second-order valence-corrected chi connectivity index (χ2v) is 7.36. The molecule has 1 aliphatic carbocycles. The van der Waals surface area contributed by atoms with E-state index in [-0.39, 0.29) is 24.8 Å². The minimum Gasteiger partial charge on any atom is -0.484 e. The van der Waals surface area contributed by atoms with Gasteiger partial charge in [-0.25, -0.2) is 5.43 Å². The summed E-state index contributed by atoms with van der Waals surface area (Å²) < 4.78 is 5.41. The van der Waals surface area contributed by atoms with E-state index in [0.29, 0.717) is 11.5 Å². The molecule has 6 nitrogen and oxygen atoms in total. The Bertz CT molecular complexity index is 904. The molecule has 152 valence electrons. The first-order valence-electron chi connectivity index (χ1n) is 9.93. The summed E-state index contributed by atoms with van der Waals surface area (Å²) >= 11 is 0. The van der Waals surface area contributed by atoms with Gasteiger partial charge in [0, 0.05) is 11.4 Å². The minimum absolute atomic E-state index is 0.114. The predicted octanol–water partition coefficient (Wildman–Crippen LogP) is 3.77. The van der Waals surface area contributed by atoms with Crippen LogP contribution in [-0.2, 0) is 22.4 Å². The summed E-state index contributed by atoms with van der Waals surface area (Å²) in [5.74, 6) is 0.106. The Morgan fingerprint density at radius 2 is 1.79 bits per heavy atom. The third kappa shape index (κ3) is 6.17. The number of benzene rings is 2. The number of rotatable bonds is 7. The van der Waals surface area contributed by atoms with Crippen molar-refractivity contribution in [3.63, 3.8) is 0 Å². The minimum atomic E-state index is -0.373. The third-order valence-corrected chi connectivity index (χ3v) is 4.85. The van der Waals surface area contributed by atoms with Crippen molar-refractivity contribution >= 4 is 23.2 Å². The molecule has 1 aliphatic rings. The van der Waals surface area contributed by atoms with Crippen LogP contribution in [0.1, 0.15) is 42.9 Å². The summed E-state index contributed by atoms with van der Waals surface area (Å²) in [6, 6.07) is 13.5. The average Bonchev–Trinajstić information content (AvgIpc) is 2.72. The fourth-order valence-electron chi connectivity index (χ4n) is 3.34. The molecule has 0 saturated heterocycles. The highest BCUT2D eigenvalue weighted by atomic mass is 16.5. The summed E-state index contributed by atoms with van der Waals surface area (Å²) in [4.78, 5) is 24.2. The van der Waals surface area contributed by atoms with E-state index < -0.39 is 0 Å². The molecule has 2 aromatic rings.